The summed E-state index contributed by atoms with van der Waals surface area (Å²) in [5, 5.41) is 0. The average molecular weight is 226 g/mol. The summed E-state index contributed by atoms with van der Waals surface area (Å²) in [5.74, 6) is 0.419. The van der Waals surface area contributed by atoms with Crippen LogP contribution in [0.2, 0.25) is 0 Å². The first-order valence-electron chi connectivity index (χ1n) is 6.56. The predicted octanol–water partition coefficient (Wildman–Crippen LogP) is 2.15. The van der Waals surface area contributed by atoms with E-state index in [4.69, 9.17) is 5.73 Å². The fourth-order valence-corrected chi connectivity index (χ4v) is 2.53. The summed E-state index contributed by atoms with van der Waals surface area (Å²) in [4.78, 5) is 14.3. The van der Waals surface area contributed by atoms with E-state index in [1.807, 2.05) is 4.90 Å². The van der Waals surface area contributed by atoms with Gasteiger partial charge in [0.05, 0.1) is 6.04 Å². The smallest absolute Gasteiger partial charge is 0.240 e. The van der Waals surface area contributed by atoms with Gasteiger partial charge in [-0.05, 0) is 39.0 Å². The Morgan fingerprint density at radius 3 is 2.31 bits per heavy atom. The molecule has 1 heterocycles. The predicted molar refractivity (Wildman–Crippen MR) is 67.1 cm³/mol. The Morgan fingerprint density at radius 2 is 1.88 bits per heavy atom. The van der Waals surface area contributed by atoms with Crippen molar-refractivity contribution < 1.29 is 4.79 Å². The van der Waals surface area contributed by atoms with Crippen LogP contribution in [0.4, 0.5) is 0 Å². The van der Waals surface area contributed by atoms with E-state index >= 15 is 0 Å². The number of piperidine rings is 1. The fraction of sp³-hybridized carbons (Fsp3) is 0.923. The highest BCUT2D eigenvalue weighted by Crippen LogP contribution is 2.24. The zero-order valence-electron chi connectivity index (χ0n) is 11.1. The molecule has 0 saturated carbocycles. The van der Waals surface area contributed by atoms with Crippen molar-refractivity contribution in [3.05, 3.63) is 0 Å². The quantitative estimate of drug-likeness (QED) is 0.801. The van der Waals surface area contributed by atoms with Gasteiger partial charge in [-0.3, -0.25) is 4.79 Å². The molecule has 0 aromatic heterocycles. The van der Waals surface area contributed by atoms with Crippen molar-refractivity contribution in [3.63, 3.8) is 0 Å². The number of amides is 1. The Kier molecular flexibility index (Phi) is 4.78. The molecule has 3 unspecified atom stereocenters. The summed E-state index contributed by atoms with van der Waals surface area (Å²) in [7, 11) is 0. The van der Waals surface area contributed by atoms with Gasteiger partial charge in [0, 0.05) is 12.1 Å². The van der Waals surface area contributed by atoms with Crippen LogP contribution >= 0.6 is 0 Å². The maximum Gasteiger partial charge on any atom is 0.240 e. The van der Waals surface area contributed by atoms with Gasteiger partial charge < -0.3 is 10.6 Å². The average Bonchev–Trinajstić information content (AvgIpc) is 2.26. The minimum absolute atomic E-state index is 0.147. The molecule has 0 aliphatic carbocycles. The molecular weight excluding hydrogens is 200 g/mol. The van der Waals surface area contributed by atoms with E-state index < -0.39 is 0 Å². The lowest BCUT2D eigenvalue weighted by atomic mass is 9.93. The van der Waals surface area contributed by atoms with E-state index in [1.54, 1.807) is 0 Å². The second-order valence-electron chi connectivity index (χ2n) is 5.29. The number of rotatable bonds is 3. The van der Waals surface area contributed by atoms with E-state index in [9.17, 15) is 4.79 Å². The van der Waals surface area contributed by atoms with Crippen LogP contribution in [0.3, 0.4) is 0 Å². The van der Waals surface area contributed by atoms with Gasteiger partial charge in [0.15, 0.2) is 0 Å². The zero-order valence-corrected chi connectivity index (χ0v) is 11.1. The third kappa shape index (κ3) is 2.76. The molecule has 1 saturated heterocycles. The fourth-order valence-electron chi connectivity index (χ4n) is 2.53. The normalized spacial score (nSPS) is 29.9. The monoisotopic (exact) mass is 226 g/mol. The van der Waals surface area contributed by atoms with Crippen molar-refractivity contribution in [1.29, 1.82) is 0 Å². The van der Waals surface area contributed by atoms with E-state index in [0.29, 0.717) is 12.1 Å². The molecule has 0 spiro atoms. The summed E-state index contributed by atoms with van der Waals surface area (Å²) in [6.45, 7) is 8.41. The second-order valence-corrected chi connectivity index (χ2v) is 5.29. The second kappa shape index (κ2) is 5.67. The lowest BCUT2D eigenvalue weighted by Gasteiger charge is -2.41. The molecule has 0 aromatic rings. The molecule has 4 atom stereocenters. The summed E-state index contributed by atoms with van der Waals surface area (Å²) in [6, 6.07) is 0.380. The van der Waals surface area contributed by atoms with Crippen LogP contribution < -0.4 is 5.73 Å². The number of nitrogens with two attached hydrogens (primary N) is 1. The Hall–Kier alpha value is -0.570. The molecule has 1 aliphatic rings. The molecule has 1 fully saturated rings. The lowest BCUT2D eigenvalue weighted by molar-refractivity contribution is -0.139. The van der Waals surface area contributed by atoms with Crippen molar-refractivity contribution in [2.45, 2.75) is 71.5 Å². The minimum Gasteiger partial charge on any atom is -0.336 e. The van der Waals surface area contributed by atoms with Crippen molar-refractivity contribution in [2.24, 2.45) is 11.7 Å². The molecular formula is C13H26N2O. The number of carbonyl (C=O) groups is 1. The first-order valence-corrected chi connectivity index (χ1v) is 6.56. The Bertz CT molecular complexity index is 232. The number of hydrogen-bond acceptors (Lipinski definition) is 2. The zero-order chi connectivity index (χ0) is 12.3. The molecule has 1 rings (SSSR count). The SMILES string of the molecule is CCC(C)[C@H](N)C(=O)N1C(C)CCCC1C. The highest BCUT2D eigenvalue weighted by Gasteiger charge is 2.33. The highest BCUT2D eigenvalue weighted by atomic mass is 16.2. The van der Waals surface area contributed by atoms with Crippen molar-refractivity contribution in [1.82, 2.24) is 4.90 Å². The molecule has 1 aliphatic heterocycles. The van der Waals surface area contributed by atoms with Gasteiger partial charge in [-0.2, -0.15) is 0 Å². The van der Waals surface area contributed by atoms with Gasteiger partial charge in [-0.25, -0.2) is 0 Å². The van der Waals surface area contributed by atoms with Crippen LogP contribution in [0.1, 0.15) is 53.4 Å². The minimum atomic E-state index is -0.326. The van der Waals surface area contributed by atoms with E-state index in [1.165, 1.54) is 6.42 Å². The molecule has 2 N–H and O–H groups in total. The van der Waals surface area contributed by atoms with E-state index in [-0.39, 0.29) is 17.9 Å². The largest absolute Gasteiger partial charge is 0.336 e. The van der Waals surface area contributed by atoms with Crippen molar-refractivity contribution in [2.75, 3.05) is 0 Å². The summed E-state index contributed by atoms with van der Waals surface area (Å²) in [6.07, 6.45) is 4.42. The molecule has 3 nitrogen and oxygen atoms in total. The molecule has 0 radical (unpaired) electrons. The third-order valence-electron chi connectivity index (χ3n) is 3.99. The summed E-state index contributed by atoms with van der Waals surface area (Å²) in [5.41, 5.74) is 6.04. The highest BCUT2D eigenvalue weighted by molar-refractivity contribution is 5.82. The molecule has 16 heavy (non-hydrogen) atoms. The summed E-state index contributed by atoms with van der Waals surface area (Å²) >= 11 is 0. The molecule has 3 heteroatoms. The molecule has 94 valence electrons. The van der Waals surface area contributed by atoms with Crippen molar-refractivity contribution in [3.8, 4) is 0 Å². The number of nitrogens with zero attached hydrogens (tertiary/aromatic N) is 1. The first-order chi connectivity index (χ1) is 7.49. The van der Waals surface area contributed by atoms with Crippen LogP contribution in [0.25, 0.3) is 0 Å². The van der Waals surface area contributed by atoms with Crippen LogP contribution in [0, 0.1) is 5.92 Å². The van der Waals surface area contributed by atoms with Crippen LogP contribution in [-0.2, 0) is 4.79 Å². The molecule has 0 bridgehead atoms. The first kappa shape index (κ1) is 13.5. The number of likely N-dealkylation sites (tertiary alicyclic amines) is 1. The van der Waals surface area contributed by atoms with E-state index in [0.717, 1.165) is 19.3 Å². The third-order valence-corrected chi connectivity index (χ3v) is 3.99. The Labute approximate surface area is 99.4 Å². The lowest BCUT2D eigenvalue weighted by Crippen LogP contribution is -2.55. The van der Waals surface area contributed by atoms with Crippen molar-refractivity contribution >= 4 is 5.91 Å². The maximum absolute atomic E-state index is 12.3. The Balaban J connectivity index is 2.70. The molecule has 1 amide bonds. The Morgan fingerprint density at radius 1 is 1.38 bits per heavy atom. The maximum atomic E-state index is 12.3. The number of carbonyl (C=O) groups excluding carboxylic acids is 1. The standard InChI is InChI=1S/C13H26N2O/c1-5-9(2)12(14)13(16)15-10(3)7-6-8-11(15)4/h9-12H,5-8,14H2,1-4H3/t9?,10?,11?,12-/m0/s1. The van der Waals surface area contributed by atoms with Gasteiger partial charge in [0.25, 0.3) is 0 Å². The topological polar surface area (TPSA) is 46.3 Å². The number of hydrogen-bond donors (Lipinski definition) is 1. The molecule has 0 aromatic carbocycles. The van der Waals surface area contributed by atoms with Gasteiger partial charge in [-0.1, -0.05) is 20.3 Å². The van der Waals surface area contributed by atoms with Gasteiger partial charge in [0.2, 0.25) is 5.91 Å². The van der Waals surface area contributed by atoms with Gasteiger partial charge in [0.1, 0.15) is 0 Å². The van der Waals surface area contributed by atoms with Gasteiger partial charge in [-0.15, -0.1) is 0 Å². The van der Waals surface area contributed by atoms with E-state index in [2.05, 4.69) is 27.7 Å². The van der Waals surface area contributed by atoms with Crippen LogP contribution in [0.15, 0.2) is 0 Å². The van der Waals surface area contributed by atoms with Gasteiger partial charge >= 0.3 is 0 Å². The van der Waals surface area contributed by atoms with Crippen LogP contribution in [0.5, 0.6) is 0 Å². The summed E-state index contributed by atoms with van der Waals surface area (Å²) < 4.78 is 0. The van der Waals surface area contributed by atoms with Crippen LogP contribution in [-0.4, -0.2) is 28.9 Å².